The van der Waals surface area contributed by atoms with Gasteiger partial charge < -0.3 is 9.64 Å². The van der Waals surface area contributed by atoms with Crippen molar-refractivity contribution in [3.63, 3.8) is 0 Å². The number of ether oxygens (including phenoxy) is 1. The Hall–Kier alpha value is -2.95. The third kappa shape index (κ3) is 3.63. The lowest BCUT2D eigenvalue weighted by Crippen LogP contribution is -2.40. The zero-order valence-electron chi connectivity index (χ0n) is 15.5. The molecule has 1 aliphatic rings. The predicted octanol–water partition coefficient (Wildman–Crippen LogP) is 3.73. The van der Waals surface area contributed by atoms with E-state index in [-0.39, 0.29) is 5.91 Å². The van der Waals surface area contributed by atoms with Gasteiger partial charge in [0.2, 0.25) is 5.88 Å². The first-order valence-corrected chi connectivity index (χ1v) is 9.37. The van der Waals surface area contributed by atoms with Crippen LogP contribution in [0.2, 0.25) is 0 Å². The Kier molecular flexibility index (Phi) is 5.01. The number of pyridine rings is 2. The number of hydrogen-bond acceptors (Lipinski definition) is 4. The van der Waals surface area contributed by atoms with Crippen LogP contribution >= 0.6 is 0 Å². The highest BCUT2D eigenvalue weighted by atomic mass is 16.5. The molecule has 138 valence electrons. The summed E-state index contributed by atoms with van der Waals surface area (Å²) in [5.74, 6) is 0.821. The van der Waals surface area contributed by atoms with E-state index >= 15 is 0 Å². The van der Waals surface area contributed by atoms with E-state index in [1.54, 1.807) is 25.4 Å². The van der Waals surface area contributed by atoms with Gasteiger partial charge in [0.05, 0.1) is 12.6 Å². The van der Waals surface area contributed by atoms with Gasteiger partial charge in [-0.05, 0) is 48.9 Å². The van der Waals surface area contributed by atoms with Gasteiger partial charge in [-0.1, -0.05) is 24.3 Å². The van der Waals surface area contributed by atoms with E-state index in [0.717, 1.165) is 37.9 Å². The fourth-order valence-corrected chi connectivity index (χ4v) is 3.95. The largest absolute Gasteiger partial charge is 0.480 e. The number of aromatic nitrogens is 2. The quantitative estimate of drug-likeness (QED) is 0.710. The third-order valence-corrected chi connectivity index (χ3v) is 5.23. The predicted molar refractivity (Wildman–Crippen MR) is 105 cm³/mol. The minimum Gasteiger partial charge on any atom is -0.480 e. The maximum absolute atomic E-state index is 13.0. The van der Waals surface area contributed by atoms with Crippen molar-refractivity contribution in [2.75, 3.05) is 20.2 Å². The number of para-hydroxylation sites is 1. The summed E-state index contributed by atoms with van der Waals surface area (Å²) in [6.07, 6.45) is 6.55. The minimum atomic E-state index is 0.000643. The number of carbonyl (C=O) groups excluding carboxylic acids is 1. The van der Waals surface area contributed by atoms with Crippen LogP contribution in [0.25, 0.3) is 10.9 Å². The van der Waals surface area contributed by atoms with Crippen LogP contribution < -0.4 is 4.74 Å². The Morgan fingerprint density at radius 1 is 1.15 bits per heavy atom. The van der Waals surface area contributed by atoms with Crippen molar-refractivity contribution in [2.45, 2.75) is 19.3 Å². The lowest BCUT2D eigenvalue weighted by atomic mass is 9.90. The molecule has 5 heteroatoms. The second kappa shape index (κ2) is 7.74. The molecular formula is C22H23N3O2. The Labute approximate surface area is 159 Å². The summed E-state index contributed by atoms with van der Waals surface area (Å²) in [5, 5.41) is 1.17. The van der Waals surface area contributed by atoms with Crippen molar-refractivity contribution in [2.24, 2.45) is 5.92 Å². The van der Waals surface area contributed by atoms with E-state index in [2.05, 4.69) is 34.2 Å². The number of methoxy groups -OCH3 is 1. The second-order valence-corrected chi connectivity index (χ2v) is 7.02. The maximum Gasteiger partial charge on any atom is 0.259 e. The molecule has 1 aromatic carbocycles. The normalized spacial score (nSPS) is 17.1. The highest BCUT2D eigenvalue weighted by molar-refractivity contribution is 5.96. The first kappa shape index (κ1) is 17.5. The van der Waals surface area contributed by atoms with Crippen LogP contribution in [0.4, 0.5) is 0 Å². The Balaban J connectivity index is 1.52. The van der Waals surface area contributed by atoms with Gasteiger partial charge in [0.1, 0.15) is 5.56 Å². The molecule has 0 bridgehead atoms. The zero-order chi connectivity index (χ0) is 18.6. The van der Waals surface area contributed by atoms with Gasteiger partial charge in [-0.3, -0.25) is 9.78 Å². The summed E-state index contributed by atoms with van der Waals surface area (Å²) >= 11 is 0. The number of rotatable bonds is 4. The number of fused-ring (bicyclic) bond motifs is 1. The number of piperidine rings is 1. The summed E-state index contributed by atoms with van der Waals surface area (Å²) in [6.45, 7) is 1.53. The van der Waals surface area contributed by atoms with Gasteiger partial charge in [-0.25, -0.2) is 4.98 Å². The molecular weight excluding hydrogens is 338 g/mol. The molecule has 4 rings (SSSR count). The number of nitrogens with zero attached hydrogens (tertiary/aromatic N) is 3. The van der Waals surface area contributed by atoms with Crippen LogP contribution in [0.3, 0.4) is 0 Å². The van der Waals surface area contributed by atoms with Gasteiger partial charge in [0, 0.05) is 30.9 Å². The molecule has 27 heavy (non-hydrogen) atoms. The van der Waals surface area contributed by atoms with Gasteiger partial charge in [-0.2, -0.15) is 0 Å². The number of benzene rings is 1. The van der Waals surface area contributed by atoms with Crippen LogP contribution in [0, 0.1) is 5.92 Å². The molecule has 1 unspecified atom stereocenters. The summed E-state index contributed by atoms with van der Waals surface area (Å²) < 4.78 is 5.26. The van der Waals surface area contributed by atoms with Gasteiger partial charge in [-0.15, -0.1) is 0 Å². The molecule has 0 spiro atoms. The molecule has 0 saturated carbocycles. The van der Waals surface area contributed by atoms with Crippen LogP contribution in [0.1, 0.15) is 28.8 Å². The fraction of sp³-hybridized carbons (Fsp3) is 0.318. The van der Waals surface area contributed by atoms with Crippen molar-refractivity contribution >= 4 is 16.8 Å². The SMILES string of the molecule is COc1ncccc1C(=O)N1CCCC(Cc2cccc3cccnc23)C1. The Bertz CT molecular complexity index is 952. The standard InChI is InChI=1S/C22H23N3O2/c1-27-21-19(10-4-12-24-21)22(26)25-13-5-6-16(15-25)14-18-8-2-7-17-9-3-11-23-20(17)18/h2-4,7-12,16H,5-6,13-15H2,1H3. The third-order valence-electron chi connectivity index (χ3n) is 5.23. The molecule has 3 aromatic rings. The minimum absolute atomic E-state index is 0.000643. The average molecular weight is 361 g/mol. The number of hydrogen-bond donors (Lipinski definition) is 0. The Morgan fingerprint density at radius 3 is 2.85 bits per heavy atom. The van der Waals surface area contributed by atoms with Crippen LogP contribution in [0.15, 0.2) is 54.9 Å². The second-order valence-electron chi connectivity index (χ2n) is 7.02. The highest BCUT2D eigenvalue weighted by Crippen LogP contribution is 2.26. The molecule has 0 N–H and O–H groups in total. The van der Waals surface area contributed by atoms with Crippen LogP contribution in [0.5, 0.6) is 5.88 Å². The zero-order valence-corrected chi connectivity index (χ0v) is 15.5. The smallest absolute Gasteiger partial charge is 0.259 e. The topological polar surface area (TPSA) is 55.3 Å². The summed E-state index contributed by atoms with van der Waals surface area (Å²) in [5.41, 5.74) is 2.86. The monoisotopic (exact) mass is 361 g/mol. The van der Waals surface area contributed by atoms with E-state index in [1.165, 1.54) is 10.9 Å². The van der Waals surface area contributed by atoms with Gasteiger partial charge in [0.15, 0.2) is 0 Å². The lowest BCUT2D eigenvalue weighted by molar-refractivity contribution is 0.0669. The van der Waals surface area contributed by atoms with Crippen molar-refractivity contribution in [3.8, 4) is 5.88 Å². The molecule has 3 heterocycles. The summed E-state index contributed by atoms with van der Waals surface area (Å²) in [6, 6.07) is 14.0. The first-order chi connectivity index (χ1) is 13.3. The Morgan fingerprint density at radius 2 is 1.96 bits per heavy atom. The first-order valence-electron chi connectivity index (χ1n) is 9.37. The van der Waals surface area contributed by atoms with E-state index in [0.29, 0.717) is 17.4 Å². The molecule has 1 aliphatic heterocycles. The van der Waals surface area contributed by atoms with E-state index in [9.17, 15) is 4.79 Å². The van der Waals surface area contributed by atoms with E-state index in [1.807, 2.05) is 17.2 Å². The summed E-state index contributed by atoms with van der Waals surface area (Å²) in [7, 11) is 1.55. The van der Waals surface area contributed by atoms with E-state index in [4.69, 9.17) is 4.74 Å². The van der Waals surface area contributed by atoms with Crippen molar-refractivity contribution in [3.05, 3.63) is 66.0 Å². The fourth-order valence-electron chi connectivity index (χ4n) is 3.95. The molecule has 0 radical (unpaired) electrons. The molecule has 1 amide bonds. The van der Waals surface area contributed by atoms with Crippen molar-refractivity contribution < 1.29 is 9.53 Å². The molecule has 1 fully saturated rings. The molecule has 1 atom stereocenters. The van der Waals surface area contributed by atoms with Crippen molar-refractivity contribution in [1.29, 1.82) is 0 Å². The number of amides is 1. The molecule has 5 nitrogen and oxygen atoms in total. The van der Waals surface area contributed by atoms with Crippen LogP contribution in [-0.4, -0.2) is 41.0 Å². The number of carbonyl (C=O) groups is 1. The van der Waals surface area contributed by atoms with Crippen molar-refractivity contribution in [1.82, 2.24) is 14.9 Å². The average Bonchev–Trinajstić information content (AvgIpc) is 2.73. The number of likely N-dealkylation sites (tertiary alicyclic amines) is 1. The van der Waals surface area contributed by atoms with E-state index < -0.39 is 0 Å². The highest BCUT2D eigenvalue weighted by Gasteiger charge is 2.27. The molecule has 1 saturated heterocycles. The summed E-state index contributed by atoms with van der Waals surface area (Å²) in [4.78, 5) is 23.6. The maximum atomic E-state index is 13.0. The van der Waals surface area contributed by atoms with Gasteiger partial charge in [0.25, 0.3) is 5.91 Å². The lowest BCUT2D eigenvalue weighted by Gasteiger charge is -2.33. The molecule has 0 aliphatic carbocycles. The van der Waals surface area contributed by atoms with Gasteiger partial charge >= 0.3 is 0 Å². The molecule has 2 aromatic heterocycles. The van der Waals surface area contributed by atoms with Crippen LogP contribution in [-0.2, 0) is 6.42 Å².